The molecule has 1 aromatic rings. The van der Waals surface area contributed by atoms with Gasteiger partial charge in [-0.25, -0.2) is 4.79 Å². The fourth-order valence-corrected chi connectivity index (χ4v) is 3.14. The number of benzene rings is 1. The first-order chi connectivity index (χ1) is 14.9. The second kappa shape index (κ2) is 13.3. The van der Waals surface area contributed by atoms with E-state index in [1.807, 2.05) is 25.1 Å². The Hall–Kier alpha value is -3.03. The molecule has 0 radical (unpaired) electrons. The number of amides is 3. The minimum atomic E-state index is -0.745. The molecule has 0 unspecified atom stereocenters. The summed E-state index contributed by atoms with van der Waals surface area (Å²) in [4.78, 5) is 37.9. The van der Waals surface area contributed by atoms with E-state index in [2.05, 4.69) is 6.92 Å². The molecule has 0 aliphatic carbocycles. The second-order valence-electron chi connectivity index (χ2n) is 6.87. The largest absolute Gasteiger partial charge is 0.496 e. The molecule has 1 saturated heterocycles. The van der Waals surface area contributed by atoms with Crippen molar-refractivity contribution >= 4 is 23.7 Å². The Kier molecular flexibility index (Phi) is 11.2. The van der Waals surface area contributed by atoms with Gasteiger partial charge in [0.05, 0.1) is 19.8 Å². The molecule has 1 aromatic carbocycles. The number of hydrogen-bond acceptors (Lipinski definition) is 5. The summed E-state index contributed by atoms with van der Waals surface area (Å²) in [6.45, 7) is 6.40. The number of methoxy groups -OCH3 is 2. The summed E-state index contributed by atoms with van der Waals surface area (Å²) in [5.74, 6) is -0.102. The van der Waals surface area contributed by atoms with Crippen LogP contribution in [0.5, 0.6) is 5.75 Å². The fourth-order valence-electron chi connectivity index (χ4n) is 3.14. The molecular formula is C23H34N2O6. The van der Waals surface area contributed by atoms with Crippen molar-refractivity contribution < 1.29 is 29.0 Å². The molecule has 8 heteroatoms. The molecule has 0 aromatic heterocycles. The van der Waals surface area contributed by atoms with Crippen molar-refractivity contribution in [2.24, 2.45) is 0 Å². The number of urea groups is 1. The molecule has 1 aliphatic rings. The maximum atomic E-state index is 13.0. The van der Waals surface area contributed by atoms with Crippen LogP contribution >= 0.6 is 0 Å². The Labute approximate surface area is 184 Å². The zero-order valence-corrected chi connectivity index (χ0v) is 19.1. The number of ether oxygens (including phenoxy) is 2. The van der Waals surface area contributed by atoms with Crippen molar-refractivity contribution in [3.63, 3.8) is 0 Å². The van der Waals surface area contributed by atoms with E-state index in [1.54, 1.807) is 20.1 Å². The SMILES string of the molecule is CCC(=O)O.CCCCCCN1C(=O)C(=C(OC)c2ccccc2OC)N(CC)C1=O. The first kappa shape index (κ1) is 26.0. The van der Waals surface area contributed by atoms with Crippen LogP contribution < -0.4 is 4.74 Å². The predicted molar refractivity (Wildman–Crippen MR) is 118 cm³/mol. The van der Waals surface area contributed by atoms with Crippen LogP contribution in [0.4, 0.5) is 4.79 Å². The van der Waals surface area contributed by atoms with E-state index in [0.717, 1.165) is 25.7 Å². The van der Waals surface area contributed by atoms with Crippen LogP contribution in [-0.2, 0) is 14.3 Å². The van der Waals surface area contributed by atoms with Crippen LogP contribution in [0.25, 0.3) is 5.76 Å². The zero-order chi connectivity index (χ0) is 23.4. The zero-order valence-electron chi connectivity index (χ0n) is 19.1. The normalized spacial score (nSPS) is 14.9. The van der Waals surface area contributed by atoms with Crippen LogP contribution in [0.3, 0.4) is 0 Å². The van der Waals surface area contributed by atoms with E-state index >= 15 is 0 Å². The number of carboxylic acid groups (broad SMARTS) is 1. The molecule has 3 amide bonds. The van der Waals surface area contributed by atoms with E-state index < -0.39 is 5.97 Å². The summed E-state index contributed by atoms with van der Waals surface area (Å²) in [5, 5.41) is 7.72. The molecule has 1 heterocycles. The number of para-hydroxylation sites is 1. The third-order valence-corrected chi connectivity index (χ3v) is 4.80. The average Bonchev–Trinajstić information content (AvgIpc) is 3.02. The Morgan fingerprint density at radius 1 is 1.00 bits per heavy atom. The molecule has 8 nitrogen and oxygen atoms in total. The average molecular weight is 435 g/mol. The topological polar surface area (TPSA) is 96.4 Å². The monoisotopic (exact) mass is 434 g/mol. The van der Waals surface area contributed by atoms with E-state index in [0.29, 0.717) is 30.2 Å². The van der Waals surface area contributed by atoms with Crippen molar-refractivity contribution in [1.82, 2.24) is 9.80 Å². The summed E-state index contributed by atoms with van der Waals surface area (Å²) in [6.07, 6.45) is 4.24. The second-order valence-corrected chi connectivity index (χ2v) is 6.87. The lowest BCUT2D eigenvalue weighted by Crippen LogP contribution is -2.33. The van der Waals surface area contributed by atoms with Gasteiger partial charge in [-0.1, -0.05) is 45.2 Å². The van der Waals surface area contributed by atoms with Crippen LogP contribution in [0.1, 0.15) is 58.4 Å². The maximum absolute atomic E-state index is 13.0. The number of imide groups is 1. The molecule has 1 N–H and O–H groups in total. The van der Waals surface area contributed by atoms with Crippen LogP contribution in [0.2, 0.25) is 0 Å². The number of hydrogen-bond donors (Lipinski definition) is 1. The molecule has 172 valence electrons. The third-order valence-electron chi connectivity index (χ3n) is 4.80. The summed E-state index contributed by atoms with van der Waals surface area (Å²) in [6, 6.07) is 7.03. The van der Waals surface area contributed by atoms with Gasteiger partial charge in [0.15, 0.2) is 11.5 Å². The molecule has 1 aliphatic heterocycles. The van der Waals surface area contributed by atoms with Crippen molar-refractivity contribution in [3.05, 3.63) is 35.5 Å². The van der Waals surface area contributed by atoms with Crippen LogP contribution in [0, 0.1) is 0 Å². The first-order valence-corrected chi connectivity index (χ1v) is 10.6. The summed E-state index contributed by atoms with van der Waals surface area (Å²) < 4.78 is 11.0. The van der Waals surface area contributed by atoms with Gasteiger partial charge in [0, 0.05) is 19.5 Å². The number of carboxylic acids is 1. The van der Waals surface area contributed by atoms with E-state index in [9.17, 15) is 14.4 Å². The highest BCUT2D eigenvalue weighted by molar-refractivity contribution is 6.15. The minimum absolute atomic E-state index is 0.222. The van der Waals surface area contributed by atoms with Gasteiger partial charge < -0.3 is 14.6 Å². The van der Waals surface area contributed by atoms with Gasteiger partial charge in [0.1, 0.15) is 5.75 Å². The van der Waals surface area contributed by atoms with E-state index in [-0.39, 0.29) is 24.1 Å². The molecule has 0 saturated carbocycles. The van der Waals surface area contributed by atoms with Gasteiger partial charge in [-0.3, -0.25) is 19.4 Å². The summed E-state index contributed by atoms with van der Waals surface area (Å²) in [5.41, 5.74) is 0.930. The molecule has 0 bridgehead atoms. The van der Waals surface area contributed by atoms with Crippen molar-refractivity contribution in [2.45, 2.75) is 52.9 Å². The number of rotatable bonds is 10. The number of aliphatic carboxylic acids is 1. The highest BCUT2D eigenvalue weighted by Gasteiger charge is 2.42. The number of unbranched alkanes of at least 4 members (excludes halogenated alkanes) is 3. The van der Waals surface area contributed by atoms with Gasteiger partial charge in [0.25, 0.3) is 5.91 Å². The standard InChI is InChI=1S/C20H28N2O4.C3H6O2/c1-5-7-8-11-14-22-19(23)17(21(6-2)20(22)24)18(26-4)15-12-9-10-13-16(15)25-3;1-2-3(4)5/h9-10,12-13H,5-8,11,14H2,1-4H3;2H2,1H3,(H,4,5). The van der Waals surface area contributed by atoms with Crippen LogP contribution in [0.15, 0.2) is 30.0 Å². The Bertz CT molecular complexity index is 790. The molecule has 0 spiro atoms. The summed E-state index contributed by atoms with van der Waals surface area (Å²) in [7, 11) is 3.07. The van der Waals surface area contributed by atoms with Crippen molar-refractivity contribution in [2.75, 3.05) is 27.3 Å². The molecule has 2 rings (SSSR count). The Morgan fingerprint density at radius 3 is 2.16 bits per heavy atom. The van der Waals surface area contributed by atoms with E-state index in [1.165, 1.54) is 16.9 Å². The smallest absolute Gasteiger partial charge is 0.331 e. The molecular weight excluding hydrogens is 400 g/mol. The Balaban J connectivity index is 0.000000861. The highest BCUT2D eigenvalue weighted by atomic mass is 16.5. The fraction of sp³-hybridized carbons (Fsp3) is 0.522. The van der Waals surface area contributed by atoms with E-state index in [4.69, 9.17) is 14.6 Å². The van der Waals surface area contributed by atoms with Gasteiger partial charge in [-0.05, 0) is 25.5 Å². The lowest BCUT2D eigenvalue weighted by Gasteiger charge is -2.18. The molecule has 0 atom stereocenters. The molecule has 31 heavy (non-hydrogen) atoms. The predicted octanol–water partition coefficient (Wildman–Crippen LogP) is 4.36. The lowest BCUT2D eigenvalue weighted by molar-refractivity contribution is -0.136. The van der Waals surface area contributed by atoms with Crippen LogP contribution in [-0.4, -0.2) is 60.1 Å². The Morgan fingerprint density at radius 2 is 1.65 bits per heavy atom. The third kappa shape index (κ3) is 6.73. The first-order valence-electron chi connectivity index (χ1n) is 10.6. The number of carbonyl (C=O) groups is 3. The van der Waals surface area contributed by atoms with Gasteiger partial charge in [-0.15, -0.1) is 0 Å². The van der Waals surface area contributed by atoms with Gasteiger partial charge in [-0.2, -0.15) is 0 Å². The van der Waals surface area contributed by atoms with Crippen molar-refractivity contribution in [3.8, 4) is 5.75 Å². The number of nitrogens with zero attached hydrogens (tertiary/aromatic N) is 2. The number of carbonyl (C=O) groups excluding carboxylic acids is 2. The van der Waals surface area contributed by atoms with Crippen molar-refractivity contribution in [1.29, 1.82) is 0 Å². The highest BCUT2D eigenvalue weighted by Crippen LogP contribution is 2.34. The number of likely N-dealkylation sites (N-methyl/N-ethyl adjacent to an activating group) is 1. The lowest BCUT2D eigenvalue weighted by atomic mass is 10.1. The van der Waals surface area contributed by atoms with Gasteiger partial charge in [0.2, 0.25) is 0 Å². The summed E-state index contributed by atoms with van der Waals surface area (Å²) >= 11 is 0. The molecule has 1 fully saturated rings. The van der Waals surface area contributed by atoms with Gasteiger partial charge >= 0.3 is 12.0 Å². The minimum Gasteiger partial charge on any atom is -0.496 e. The quantitative estimate of drug-likeness (QED) is 0.254. The maximum Gasteiger partial charge on any atom is 0.331 e.